The van der Waals surface area contributed by atoms with Gasteiger partial charge in [0.25, 0.3) is 5.91 Å². The SMILES string of the molecule is CC(F)F.CCCN(CCC)CCNC(=O)c1ccc(Nc2nccn3c(-c4ccc(C)cc4)cnc23)cc1C. The van der Waals surface area contributed by atoms with Gasteiger partial charge in [-0.15, -0.1) is 0 Å². The molecular weight excluding hydrogens is 510 g/mol. The zero-order chi connectivity index (χ0) is 29.1. The van der Waals surface area contributed by atoms with Crippen molar-refractivity contribution < 1.29 is 13.6 Å². The molecule has 2 aromatic heterocycles. The maximum atomic E-state index is 12.8. The molecular formula is C31H40F2N6O. The van der Waals surface area contributed by atoms with Gasteiger partial charge in [0.15, 0.2) is 11.5 Å². The second-order valence-corrected chi connectivity index (χ2v) is 9.75. The number of aryl methyl sites for hydroxylation is 2. The van der Waals surface area contributed by atoms with Crippen molar-refractivity contribution in [1.82, 2.24) is 24.6 Å². The lowest BCUT2D eigenvalue weighted by Gasteiger charge is -2.21. The Hall–Kier alpha value is -3.85. The number of carbonyl (C=O) groups is 1. The van der Waals surface area contributed by atoms with Crippen LogP contribution in [0.2, 0.25) is 0 Å². The molecule has 0 unspecified atom stereocenters. The summed E-state index contributed by atoms with van der Waals surface area (Å²) in [4.78, 5) is 24.3. The number of nitrogens with zero attached hydrogens (tertiary/aromatic N) is 4. The molecule has 2 N–H and O–H groups in total. The number of fused-ring (bicyclic) bond motifs is 1. The van der Waals surface area contributed by atoms with Crippen LogP contribution in [0.3, 0.4) is 0 Å². The number of amides is 1. The standard InChI is InChI=1S/C29H36N6O.C2H4F2/c1-5-15-34(16-6-2)17-13-31-29(36)25-12-11-24(19-22(25)4)33-27-28-32-20-26(35(28)18-14-30-27)23-9-7-21(3)8-10-23;1-2(3)4/h7-12,14,18-20H,5-6,13,15-17H2,1-4H3,(H,30,33)(H,31,36);2H,1H3. The van der Waals surface area contributed by atoms with Crippen molar-refractivity contribution in [3.05, 3.63) is 77.7 Å². The van der Waals surface area contributed by atoms with E-state index in [4.69, 9.17) is 0 Å². The molecule has 0 saturated heterocycles. The molecule has 214 valence electrons. The Kier molecular flexibility index (Phi) is 11.6. The number of alkyl halides is 2. The number of hydrogen-bond acceptors (Lipinski definition) is 5. The molecule has 0 spiro atoms. The highest BCUT2D eigenvalue weighted by Crippen LogP contribution is 2.26. The number of anilines is 2. The molecule has 0 aliphatic heterocycles. The molecule has 4 aromatic rings. The van der Waals surface area contributed by atoms with E-state index in [1.807, 2.05) is 41.9 Å². The summed E-state index contributed by atoms with van der Waals surface area (Å²) in [5.41, 5.74) is 6.54. The van der Waals surface area contributed by atoms with Crippen LogP contribution in [0.4, 0.5) is 20.3 Å². The van der Waals surface area contributed by atoms with Gasteiger partial charge in [0.2, 0.25) is 6.43 Å². The topological polar surface area (TPSA) is 74.6 Å². The van der Waals surface area contributed by atoms with Crippen LogP contribution in [0.25, 0.3) is 16.9 Å². The van der Waals surface area contributed by atoms with Crippen molar-refractivity contribution in [1.29, 1.82) is 0 Å². The summed E-state index contributed by atoms with van der Waals surface area (Å²) >= 11 is 0. The van der Waals surface area contributed by atoms with Gasteiger partial charge in [-0.3, -0.25) is 9.20 Å². The van der Waals surface area contributed by atoms with Gasteiger partial charge in [0.05, 0.1) is 11.9 Å². The van der Waals surface area contributed by atoms with Crippen molar-refractivity contribution in [2.75, 3.05) is 31.5 Å². The molecule has 0 bridgehead atoms. The van der Waals surface area contributed by atoms with Crippen LogP contribution in [0.1, 0.15) is 55.1 Å². The predicted molar refractivity (Wildman–Crippen MR) is 159 cm³/mol. The molecule has 0 aliphatic rings. The minimum atomic E-state index is -2.17. The Labute approximate surface area is 235 Å². The average molecular weight is 551 g/mol. The number of hydrogen-bond donors (Lipinski definition) is 2. The first-order valence-electron chi connectivity index (χ1n) is 13.8. The Bertz CT molecular complexity index is 1360. The molecule has 0 saturated carbocycles. The smallest absolute Gasteiger partial charge is 0.251 e. The lowest BCUT2D eigenvalue weighted by molar-refractivity contribution is 0.0947. The summed E-state index contributed by atoms with van der Waals surface area (Å²) in [5.74, 6) is 0.627. The zero-order valence-corrected chi connectivity index (χ0v) is 24.0. The van der Waals surface area contributed by atoms with Crippen LogP contribution < -0.4 is 10.6 Å². The van der Waals surface area contributed by atoms with Crippen LogP contribution in [0.15, 0.2) is 61.1 Å². The molecule has 7 nitrogen and oxygen atoms in total. The second kappa shape index (κ2) is 15.1. The number of aromatic nitrogens is 3. The first kappa shape index (κ1) is 30.7. The second-order valence-electron chi connectivity index (χ2n) is 9.75. The normalized spacial score (nSPS) is 11.0. The molecule has 0 fully saturated rings. The lowest BCUT2D eigenvalue weighted by Crippen LogP contribution is -2.36. The van der Waals surface area contributed by atoms with Crippen LogP contribution in [-0.4, -0.2) is 57.8 Å². The first-order chi connectivity index (χ1) is 19.2. The van der Waals surface area contributed by atoms with Gasteiger partial charge in [-0.25, -0.2) is 18.7 Å². The van der Waals surface area contributed by atoms with E-state index in [0.29, 0.717) is 17.9 Å². The summed E-state index contributed by atoms with van der Waals surface area (Å²) in [7, 11) is 0. The average Bonchev–Trinajstić information content (AvgIpc) is 3.34. The van der Waals surface area contributed by atoms with E-state index in [1.54, 1.807) is 6.20 Å². The maximum Gasteiger partial charge on any atom is 0.251 e. The van der Waals surface area contributed by atoms with Gasteiger partial charge >= 0.3 is 0 Å². The molecule has 0 aliphatic carbocycles. The fraction of sp³-hybridized carbons (Fsp3) is 0.387. The largest absolute Gasteiger partial charge is 0.351 e. The number of rotatable bonds is 11. The fourth-order valence-electron chi connectivity index (χ4n) is 4.47. The van der Waals surface area contributed by atoms with E-state index in [1.165, 1.54) is 5.56 Å². The Morgan fingerprint density at radius 2 is 1.68 bits per heavy atom. The highest BCUT2D eigenvalue weighted by atomic mass is 19.3. The minimum Gasteiger partial charge on any atom is -0.351 e. The lowest BCUT2D eigenvalue weighted by atomic mass is 10.1. The number of benzene rings is 2. The highest BCUT2D eigenvalue weighted by Gasteiger charge is 2.13. The molecule has 4 rings (SSSR count). The maximum absolute atomic E-state index is 12.8. The van der Waals surface area contributed by atoms with E-state index in [9.17, 15) is 13.6 Å². The van der Waals surface area contributed by atoms with Gasteiger partial charge in [0, 0.05) is 42.3 Å². The van der Waals surface area contributed by atoms with E-state index in [2.05, 4.69) is 70.5 Å². The van der Waals surface area contributed by atoms with E-state index < -0.39 is 6.43 Å². The van der Waals surface area contributed by atoms with Crippen LogP contribution in [-0.2, 0) is 0 Å². The fourth-order valence-corrected chi connectivity index (χ4v) is 4.47. The van der Waals surface area contributed by atoms with Crippen LogP contribution >= 0.6 is 0 Å². The Balaban J connectivity index is 0.00000103. The van der Waals surface area contributed by atoms with Gasteiger partial charge in [-0.2, -0.15) is 0 Å². The van der Waals surface area contributed by atoms with Gasteiger partial charge in [0.1, 0.15) is 0 Å². The summed E-state index contributed by atoms with van der Waals surface area (Å²) in [6, 6.07) is 14.2. The van der Waals surface area contributed by atoms with Crippen molar-refractivity contribution >= 4 is 23.1 Å². The van der Waals surface area contributed by atoms with Crippen molar-refractivity contribution in [2.45, 2.75) is 53.9 Å². The van der Waals surface area contributed by atoms with Crippen molar-refractivity contribution in [3.8, 4) is 11.3 Å². The number of nitrogens with one attached hydrogen (secondary N) is 2. The van der Waals surface area contributed by atoms with Crippen LogP contribution in [0.5, 0.6) is 0 Å². The summed E-state index contributed by atoms with van der Waals surface area (Å²) in [5, 5.41) is 6.46. The molecule has 0 atom stereocenters. The summed E-state index contributed by atoms with van der Waals surface area (Å²) in [6.45, 7) is 12.9. The monoisotopic (exact) mass is 550 g/mol. The highest BCUT2D eigenvalue weighted by molar-refractivity contribution is 5.96. The third-order valence-corrected chi connectivity index (χ3v) is 6.30. The molecule has 2 aromatic carbocycles. The number of halogens is 2. The molecule has 9 heteroatoms. The first-order valence-corrected chi connectivity index (χ1v) is 13.8. The summed E-state index contributed by atoms with van der Waals surface area (Å²) < 4.78 is 22.7. The third-order valence-electron chi connectivity index (χ3n) is 6.30. The van der Waals surface area contributed by atoms with Crippen LogP contribution in [0, 0.1) is 13.8 Å². The zero-order valence-electron chi connectivity index (χ0n) is 24.0. The molecule has 40 heavy (non-hydrogen) atoms. The van der Waals surface area contributed by atoms with E-state index in [-0.39, 0.29) is 5.91 Å². The van der Waals surface area contributed by atoms with Gasteiger partial charge < -0.3 is 15.5 Å². The predicted octanol–water partition coefficient (Wildman–Crippen LogP) is 6.88. The Morgan fingerprint density at radius 3 is 2.30 bits per heavy atom. The van der Waals surface area contributed by atoms with Crippen molar-refractivity contribution in [3.63, 3.8) is 0 Å². The van der Waals surface area contributed by atoms with Crippen molar-refractivity contribution in [2.24, 2.45) is 0 Å². The molecule has 0 radical (unpaired) electrons. The Morgan fingerprint density at radius 1 is 1.00 bits per heavy atom. The number of carbonyl (C=O) groups excluding carboxylic acids is 1. The summed E-state index contributed by atoms with van der Waals surface area (Å²) in [6.07, 6.45) is 5.63. The molecule has 2 heterocycles. The quantitative estimate of drug-likeness (QED) is 0.213. The van der Waals surface area contributed by atoms with Gasteiger partial charge in [-0.1, -0.05) is 43.7 Å². The van der Waals surface area contributed by atoms with Gasteiger partial charge in [-0.05, 0) is 70.5 Å². The third kappa shape index (κ3) is 8.58. The molecule has 1 amide bonds. The minimum absolute atomic E-state index is 0.0387. The number of imidazole rings is 1. The van der Waals surface area contributed by atoms with E-state index >= 15 is 0 Å². The van der Waals surface area contributed by atoms with E-state index in [0.717, 1.165) is 67.6 Å².